The van der Waals surface area contributed by atoms with Crippen molar-refractivity contribution in [3.8, 4) is 5.75 Å². The zero-order chi connectivity index (χ0) is 5.98. The highest BCUT2D eigenvalue weighted by atomic mass is 16.3. The fourth-order valence-electron chi connectivity index (χ4n) is 0.428. The van der Waals surface area contributed by atoms with E-state index in [0.717, 1.165) is 0 Å². The molecule has 0 atom stereocenters. The number of nitrogens with zero attached hydrogens (tertiary/aromatic N) is 1. The molecule has 3 heteroatoms. The van der Waals surface area contributed by atoms with Crippen molar-refractivity contribution in [1.82, 2.24) is 4.98 Å². The van der Waals surface area contributed by atoms with Crippen LogP contribution in [-0.4, -0.2) is 4.98 Å². The Morgan fingerprint density at radius 1 is 1.62 bits per heavy atom. The van der Waals surface area contributed by atoms with Gasteiger partial charge in [0.1, 0.15) is 5.82 Å². The Morgan fingerprint density at radius 2 is 2.38 bits per heavy atom. The molecule has 0 saturated carbocycles. The van der Waals surface area contributed by atoms with Crippen molar-refractivity contribution in [2.45, 2.75) is 0 Å². The van der Waals surface area contributed by atoms with E-state index in [-0.39, 0.29) is 11.6 Å². The van der Waals surface area contributed by atoms with Crippen LogP contribution in [0.5, 0.6) is 5.75 Å². The van der Waals surface area contributed by atoms with Crippen LogP contribution in [-0.2, 0) is 0 Å². The summed E-state index contributed by atoms with van der Waals surface area (Å²) in [4.78, 5) is 3.62. The zero-order valence-corrected chi connectivity index (χ0v) is 4.16. The lowest BCUT2D eigenvalue weighted by Gasteiger charge is -2.01. The van der Waals surface area contributed by atoms with Gasteiger partial charge in [-0.3, -0.25) is 0 Å². The second kappa shape index (κ2) is 1.69. The van der Waals surface area contributed by atoms with Crippen LogP contribution in [0.4, 0.5) is 5.82 Å². The molecule has 42 valence electrons. The minimum absolute atomic E-state index is 0.0995. The summed E-state index contributed by atoms with van der Waals surface area (Å²) in [5.41, 5.74) is 5.15. The van der Waals surface area contributed by atoms with Crippen LogP contribution in [0.25, 0.3) is 0 Å². The van der Waals surface area contributed by atoms with E-state index in [1.807, 2.05) is 0 Å². The van der Waals surface area contributed by atoms with Crippen LogP contribution in [0.1, 0.15) is 0 Å². The Balaban J connectivity index is 3.08. The number of nitrogen functional groups attached to an aromatic ring is 1. The topological polar surface area (TPSA) is 62.0 Å². The molecule has 0 radical (unpaired) electrons. The highest BCUT2D eigenvalue weighted by Gasteiger charge is 1.77. The van der Waals surface area contributed by atoms with Gasteiger partial charge in [0.15, 0.2) is 0 Å². The molecule has 0 saturated heterocycles. The normalized spacial score (nSPS) is 9.00. The van der Waals surface area contributed by atoms with Gasteiger partial charge in [0, 0.05) is 6.20 Å². The van der Waals surface area contributed by atoms with Gasteiger partial charge in [-0.1, -0.05) is 6.07 Å². The molecule has 0 aliphatic heterocycles. The van der Waals surface area contributed by atoms with Crippen molar-refractivity contribution in [2.75, 3.05) is 5.73 Å². The fraction of sp³-hybridized carbons (Fsp3) is 0. The summed E-state index contributed by atoms with van der Waals surface area (Å²) in [5, 5.41) is 10.4. The summed E-state index contributed by atoms with van der Waals surface area (Å²) < 4.78 is 0. The Hall–Kier alpha value is -1.25. The van der Waals surface area contributed by atoms with Crippen molar-refractivity contribution in [3.63, 3.8) is 0 Å². The van der Waals surface area contributed by atoms with Crippen LogP contribution in [0.2, 0.25) is 0 Å². The maximum absolute atomic E-state index is 10.4. The van der Waals surface area contributed by atoms with E-state index in [0.29, 0.717) is 0 Å². The quantitative estimate of drug-likeness (QED) is 0.499. The van der Waals surface area contributed by atoms with E-state index in [9.17, 15) is 5.11 Å². The monoisotopic (exact) mass is 109 g/mol. The van der Waals surface area contributed by atoms with Crippen LogP contribution in [0.3, 0.4) is 0 Å². The van der Waals surface area contributed by atoms with Crippen LogP contribution in [0.15, 0.2) is 18.3 Å². The van der Waals surface area contributed by atoms with Gasteiger partial charge in [-0.15, -0.1) is 5.75 Å². The standard InChI is InChI=1S/C5H6N2O/c6-5-3-4(8)1-2-7-5/h1-3H,(H3,6,7,8)/p-1. The van der Waals surface area contributed by atoms with Crippen molar-refractivity contribution >= 4 is 5.82 Å². The molecule has 0 aliphatic rings. The lowest BCUT2D eigenvalue weighted by atomic mass is 10.4. The molecule has 8 heavy (non-hydrogen) atoms. The van der Waals surface area contributed by atoms with Crippen molar-refractivity contribution in [1.29, 1.82) is 0 Å². The number of rotatable bonds is 0. The van der Waals surface area contributed by atoms with Gasteiger partial charge in [-0.2, -0.15) is 0 Å². The summed E-state index contributed by atoms with van der Waals surface area (Å²) >= 11 is 0. The minimum atomic E-state index is -0.0995. The molecule has 0 bridgehead atoms. The van der Waals surface area contributed by atoms with Gasteiger partial charge in [-0.05, 0) is 6.07 Å². The number of aromatic nitrogens is 1. The highest BCUT2D eigenvalue weighted by molar-refractivity contribution is 5.33. The molecular formula is C5H5N2O-. The van der Waals surface area contributed by atoms with Gasteiger partial charge < -0.3 is 10.8 Å². The molecule has 1 rings (SSSR count). The van der Waals surface area contributed by atoms with Crippen molar-refractivity contribution < 1.29 is 5.11 Å². The van der Waals surface area contributed by atoms with Gasteiger partial charge in [-0.25, -0.2) is 4.98 Å². The summed E-state index contributed by atoms with van der Waals surface area (Å²) in [5.74, 6) is 0.176. The molecule has 1 aromatic rings. The third-order valence-corrected chi connectivity index (χ3v) is 0.753. The van der Waals surface area contributed by atoms with Gasteiger partial charge >= 0.3 is 0 Å². The fourth-order valence-corrected chi connectivity index (χ4v) is 0.428. The maximum Gasteiger partial charge on any atom is 0.122 e. The SMILES string of the molecule is Nc1cc([O-])ccn1. The first-order chi connectivity index (χ1) is 3.79. The predicted molar refractivity (Wildman–Crippen MR) is 28.1 cm³/mol. The predicted octanol–water partition coefficient (Wildman–Crippen LogP) is -0.263. The molecule has 1 aromatic heterocycles. The Kier molecular flexibility index (Phi) is 1.04. The largest absolute Gasteiger partial charge is 0.872 e. The van der Waals surface area contributed by atoms with Gasteiger partial charge in [0.2, 0.25) is 0 Å². The van der Waals surface area contributed by atoms with E-state index in [4.69, 9.17) is 5.73 Å². The van der Waals surface area contributed by atoms with E-state index in [1.165, 1.54) is 18.3 Å². The average Bonchev–Trinajstić information content (AvgIpc) is 1.64. The lowest BCUT2D eigenvalue weighted by Crippen LogP contribution is -1.93. The van der Waals surface area contributed by atoms with Crippen molar-refractivity contribution in [2.24, 2.45) is 0 Å². The molecule has 2 N–H and O–H groups in total. The smallest absolute Gasteiger partial charge is 0.122 e. The Labute approximate surface area is 46.8 Å². The number of anilines is 1. The van der Waals surface area contributed by atoms with Crippen LogP contribution in [0, 0.1) is 0 Å². The number of pyridine rings is 1. The second-order valence-electron chi connectivity index (χ2n) is 1.42. The molecule has 0 unspecified atom stereocenters. The molecule has 0 aliphatic carbocycles. The van der Waals surface area contributed by atoms with Crippen LogP contribution < -0.4 is 10.8 Å². The molecule has 0 amide bonds. The third kappa shape index (κ3) is 0.872. The van der Waals surface area contributed by atoms with E-state index >= 15 is 0 Å². The summed E-state index contributed by atoms with van der Waals surface area (Å²) in [7, 11) is 0. The molecule has 1 heterocycles. The van der Waals surface area contributed by atoms with Gasteiger partial charge in [0.25, 0.3) is 0 Å². The first-order valence-electron chi connectivity index (χ1n) is 2.17. The molecule has 0 spiro atoms. The van der Waals surface area contributed by atoms with E-state index in [1.54, 1.807) is 0 Å². The second-order valence-corrected chi connectivity index (χ2v) is 1.42. The summed E-state index contributed by atoms with van der Waals surface area (Å²) in [6.45, 7) is 0. The Bertz CT molecular complexity index is 170. The van der Waals surface area contributed by atoms with E-state index < -0.39 is 0 Å². The lowest BCUT2D eigenvalue weighted by molar-refractivity contribution is -0.268. The molecular weight excluding hydrogens is 104 g/mol. The van der Waals surface area contributed by atoms with Crippen LogP contribution >= 0.6 is 0 Å². The summed E-state index contributed by atoms with van der Waals surface area (Å²) in [6, 6.07) is 2.64. The molecule has 0 fully saturated rings. The molecule has 3 nitrogen and oxygen atoms in total. The van der Waals surface area contributed by atoms with Gasteiger partial charge in [0.05, 0.1) is 0 Å². The Morgan fingerprint density at radius 3 is 2.75 bits per heavy atom. The first-order valence-corrected chi connectivity index (χ1v) is 2.17. The first kappa shape index (κ1) is 4.90. The number of hydrogen-bond donors (Lipinski definition) is 1. The highest BCUT2D eigenvalue weighted by Crippen LogP contribution is 2.03. The molecule has 0 aromatic carbocycles. The van der Waals surface area contributed by atoms with Crippen molar-refractivity contribution in [3.05, 3.63) is 18.3 Å². The van der Waals surface area contributed by atoms with E-state index in [2.05, 4.69) is 4.98 Å². The zero-order valence-electron chi connectivity index (χ0n) is 4.16. The number of nitrogens with two attached hydrogens (primary N) is 1. The third-order valence-electron chi connectivity index (χ3n) is 0.753. The maximum atomic E-state index is 10.4. The summed E-state index contributed by atoms with van der Waals surface area (Å²) in [6.07, 6.45) is 1.39. The average molecular weight is 109 g/mol. The number of hydrogen-bond acceptors (Lipinski definition) is 3. The minimum Gasteiger partial charge on any atom is -0.872 e.